The summed E-state index contributed by atoms with van der Waals surface area (Å²) < 4.78 is 16.5. The first-order valence-electron chi connectivity index (χ1n) is 9.18. The number of rotatable bonds is 3. The highest BCUT2D eigenvalue weighted by molar-refractivity contribution is 6.33. The minimum atomic E-state index is -1.16. The van der Waals surface area contributed by atoms with Crippen molar-refractivity contribution in [2.45, 2.75) is 37.9 Å². The summed E-state index contributed by atoms with van der Waals surface area (Å²) in [5, 5.41) is 9.31. The smallest absolute Gasteiger partial charge is 0.349 e. The number of halogens is 1. The molecule has 1 aromatic carbocycles. The van der Waals surface area contributed by atoms with E-state index in [2.05, 4.69) is 0 Å². The van der Waals surface area contributed by atoms with Crippen molar-refractivity contribution in [3.05, 3.63) is 52.3 Å². The maximum Gasteiger partial charge on any atom is 0.349 e. The quantitative estimate of drug-likeness (QED) is 0.448. The number of carbonyl (C=O) groups excluding carboxylic acids is 2. The zero-order chi connectivity index (χ0) is 20.6. The number of aromatic carboxylic acids is 1. The molecule has 2 heterocycles. The van der Waals surface area contributed by atoms with Crippen molar-refractivity contribution >= 4 is 35.6 Å². The van der Waals surface area contributed by atoms with E-state index in [9.17, 15) is 19.5 Å². The summed E-state index contributed by atoms with van der Waals surface area (Å²) in [6.45, 7) is 0. The fraction of sp³-hybridized carbons (Fsp3) is 0.286. The van der Waals surface area contributed by atoms with E-state index in [0.29, 0.717) is 24.2 Å². The Kier molecular flexibility index (Phi) is 4.92. The molecule has 1 spiro atoms. The van der Waals surface area contributed by atoms with Gasteiger partial charge < -0.3 is 19.0 Å². The predicted molar refractivity (Wildman–Crippen MR) is 102 cm³/mol. The van der Waals surface area contributed by atoms with Crippen LogP contribution in [0.4, 0.5) is 0 Å². The van der Waals surface area contributed by atoms with Gasteiger partial charge in [0.05, 0.1) is 10.6 Å². The lowest BCUT2D eigenvalue weighted by molar-refractivity contribution is -0.244. The summed E-state index contributed by atoms with van der Waals surface area (Å²) in [5.74, 6) is -3.18. The van der Waals surface area contributed by atoms with Crippen LogP contribution in [0.15, 0.2) is 40.3 Å². The highest BCUT2D eigenvalue weighted by Crippen LogP contribution is 2.37. The monoisotopic (exact) mass is 416 g/mol. The highest BCUT2D eigenvalue weighted by Gasteiger charge is 2.46. The molecular weight excluding hydrogens is 400 g/mol. The van der Waals surface area contributed by atoms with Crippen LogP contribution < -0.4 is 0 Å². The van der Waals surface area contributed by atoms with Crippen LogP contribution in [0.2, 0.25) is 5.02 Å². The van der Waals surface area contributed by atoms with Crippen LogP contribution in [0.3, 0.4) is 0 Å². The Morgan fingerprint density at radius 1 is 1.03 bits per heavy atom. The minimum Gasteiger partial charge on any atom is -0.478 e. The van der Waals surface area contributed by atoms with E-state index in [1.807, 2.05) is 0 Å². The van der Waals surface area contributed by atoms with Crippen LogP contribution in [0.25, 0.3) is 17.4 Å². The van der Waals surface area contributed by atoms with Crippen molar-refractivity contribution in [1.82, 2.24) is 0 Å². The Morgan fingerprint density at radius 3 is 2.38 bits per heavy atom. The average Bonchev–Trinajstić information content (AvgIpc) is 3.14. The van der Waals surface area contributed by atoms with Gasteiger partial charge in [0, 0.05) is 24.5 Å². The number of carbonyl (C=O) groups is 3. The Bertz CT molecular complexity index is 1010. The Hall–Kier alpha value is -3.06. The molecule has 1 saturated carbocycles. The van der Waals surface area contributed by atoms with Gasteiger partial charge in [-0.1, -0.05) is 18.0 Å². The standard InChI is InChI=1S/C21H17ClO7/c22-16-6-4-12(10-14(16)18(23)24)17-7-5-13(27-17)11-15-19(25)28-21(29-20(15)26)8-2-1-3-9-21/h4-7,10-11H,1-3,8-9H2,(H,23,24). The van der Waals surface area contributed by atoms with E-state index in [0.717, 1.165) is 19.3 Å². The molecule has 1 saturated heterocycles. The van der Waals surface area contributed by atoms with Gasteiger partial charge in [-0.3, -0.25) is 0 Å². The predicted octanol–water partition coefficient (Wildman–Crippen LogP) is 4.44. The molecule has 1 aromatic heterocycles. The SMILES string of the molecule is O=C1OC2(CCCCC2)OC(=O)C1=Cc1ccc(-c2ccc(Cl)c(C(=O)O)c2)o1. The fourth-order valence-electron chi connectivity index (χ4n) is 3.53. The number of hydrogen-bond acceptors (Lipinski definition) is 6. The maximum atomic E-state index is 12.4. The Balaban J connectivity index is 1.58. The van der Waals surface area contributed by atoms with Gasteiger partial charge in [0.1, 0.15) is 17.1 Å². The molecule has 0 bridgehead atoms. The van der Waals surface area contributed by atoms with Gasteiger partial charge in [0.15, 0.2) is 0 Å². The normalized spacial score (nSPS) is 18.3. The largest absolute Gasteiger partial charge is 0.478 e. The average molecular weight is 417 g/mol. The third-order valence-corrected chi connectivity index (χ3v) is 5.34. The summed E-state index contributed by atoms with van der Waals surface area (Å²) >= 11 is 5.88. The number of esters is 2. The molecule has 150 valence electrons. The lowest BCUT2D eigenvalue weighted by Gasteiger charge is -2.38. The summed E-state index contributed by atoms with van der Waals surface area (Å²) in [4.78, 5) is 36.1. The van der Waals surface area contributed by atoms with Crippen LogP contribution in [-0.2, 0) is 19.1 Å². The lowest BCUT2D eigenvalue weighted by atomic mass is 9.93. The van der Waals surface area contributed by atoms with Crippen molar-refractivity contribution in [3.8, 4) is 11.3 Å². The first-order valence-corrected chi connectivity index (χ1v) is 9.56. The molecule has 1 N–H and O–H groups in total. The van der Waals surface area contributed by atoms with Crippen LogP contribution >= 0.6 is 11.6 Å². The third kappa shape index (κ3) is 3.78. The zero-order valence-corrected chi connectivity index (χ0v) is 16.0. The second-order valence-corrected chi connectivity index (χ2v) is 7.42. The van der Waals surface area contributed by atoms with E-state index in [-0.39, 0.29) is 21.9 Å². The van der Waals surface area contributed by atoms with Crippen molar-refractivity contribution in [3.63, 3.8) is 0 Å². The molecule has 0 amide bonds. The molecule has 2 fully saturated rings. The summed E-state index contributed by atoms with van der Waals surface area (Å²) in [6.07, 6.45) is 4.96. The second-order valence-electron chi connectivity index (χ2n) is 7.01. The number of hydrogen-bond donors (Lipinski definition) is 1. The van der Waals surface area contributed by atoms with Gasteiger partial charge in [-0.2, -0.15) is 0 Å². The number of furan rings is 1. The number of benzene rings is 1. The van der Waals surface area contributed by atoms with Gasteiger partial charge in [-0.25, -0.2) is 14.4 Å². The van der Waals surface area contributed by atoms with Crippen molar-refractivity contribution in [2.75, 3.05) is 0 Å². The van der Waals surface area contributed by atoms with Gasteiger partial charge in [-0.15, -0.1) is 0 Å². The molecule has 1 aliphatic carbocycles. The summed E-state index contributed by atoms with van der Waals surface area (Å²) in [7, 11) is 0. The molecule has 29 heavy (non-hydrogen) atoms. The van der Waals surface area contributed by atoms with Gasteiger partial charge in [0.25, 0.3) is 5.79 Å². The van der Waals surface area contributed by atoms with Crippen molar-refractivity contribution in [1.29, 1.82) is 0 Å². The van der Waals surface area contributed by atoms with Crippen LogP contribution in [-0.4, -0.2) is 28.8 Å². The third-order valence-electron chi connectivity index (χ3n) is 5.01. The molecule has 4 rings (SSSR count). The van der Waals surface area contributed by atoms with Crippen molar-refractivity contribution < 1.29 is 33.4 Å². The molecule has 0 atom stereocenters. The van der Waals surface area contributed by atoms with Crippen LogP contribution in [0, 0.1) is 0 Å². The second kappa shape index (κ2) is 7.40. The fourth-order valence-corrected chi connectivity index (χ4v) is 3.73. The molecule has 1 aliphatic heterocycles. The van der Waals surface area contributed by atoms with E-state index in [1.54, 1.807) is 18.2 Å². The van der Waals surface area contributed by atoms with Gasteiger partial charge in [-0.05, 0) is 43.2 Å². The molecule has 0 unspecified atom stereocenters. The van der Waals surface area contributed by atoms with Crippen LogP contribution in [0.1, 0.15) is 48.2 Å². The molecule has 7 nitrogen and oxygen atoms in total. The Labute approximate surface area is 170 Å². The minimum absolute atomic E-state index is 0.0577. The highest BCUT2D eigenvalue weighted by atomic mass is 35.5. The molecule has 8 heteroatoms. The van der Waals surface area contributed by atoms with E-state index < -0.39 is 23.7 Å². The lowest BCUT2D eigenvalue weighted by Crippen LogP contribution is -2.47. The van der Waals surface area contributed by atoms with E-state index >= 15 is 0 Å². The van der Waals surface area contributed by atoms with Crippen LogP contribution in [0.5, 0.6) is 0 Å². The topological polar surface area (TPSA) is 103 Å². The zero-order valence-electron chi connectivity index (χ0n) is 15.3. The molecule has 2 aliphatic rings. The number of carboxylic acids is 1. The van der Waals surface area contributed by atoms with E-state index in [1.165, 1.54) is 18.2 Å². The molecule has 2 aromatic rings. The van der Waals surface area contributed by atoms with Gasteiger partial charge >= 0.3 is 17.9 Å². The summed E-state index contributed by atoms with van der Waals surface area (Å²) in [5.41, 5.74) is 0.188. The summed E-state index contributed by atoms with van der Waals surface area (Å²) in [6, 6.07) is 7.61. The first kappa shape index (κ1) is 19.3. The first-order chi connectivity index (χ1) is 13.9. The molecular formula is C21H17ClO7. The molecule has 0 radical (unpaired) electrons. The van der Waals surface area contributed by atoms with Gasteiger partial charge in [0.2, 0.25) is 0 Å². The Morgan fingerprint density at radius 2 is 1.72 bits per heavy atom. The maximum absolute atomic E-state index is 12.4. The number of ether oxygens (including phenoxy) is 2. The van der Waals surface area contributed by atoms with E-state index in [4.69, 9.17) is 25.5 Å². The van der Waals surface area contributed by atoms with Crippen molar-refractivity contribution in [2.24, 2.45) is 0 Å². The number of carboxylic acid groups (broad SMARTS) is 1.